The van der Waals surface area contributed by atoms with E-state index < -0.39 is 6.10 Å². The van der Waals surface area contributed by atoms with E-state index in [9.17, 15) is 5.11 Å². The molecule has 0 aliphatic rings. The van der Waals surface area contributed by atoms with Crippen molar-refractivity contribution in [2.45, 2.75) is 38.8 Å². The molecule has 1 rings (SSSR count). The van der Waals surface area contributed by atoms with Crippen molar-refractivity contribution in [3.05, 3.63) is 16.4 Å². The lowest BCUT2D eigenvalue weighted by molar-refractivity contribution is 0.140. The molecule has 1 atom stereocenters. The van der Waals surface area contributed by atoms with E-state index in [1.54, 1.807) is 10.9 Å². The smallest absolute Gasteiger partial charge is 0.0969 e. The van der Waals surface area contributed by atoms with Crippen LogP contribution in [0, 0.1) is 0 Å². The minimum Gasteiger partial charge on any atom is -0.396 e. The van der Waals surface area contributed by atoms with E-state index in [4.69, 9.17) is 5.11 Å². The maximum Gasteiger partial charge on any atom is 0.0969 e. The van der Waals surface area contributed by atoms with E-state index in [1.165, 1.54) is 0 Å². The molecule has 0 bridgehead atoms. The van der Waals surface area contributed by atoms with Gasteiger partial charge in [0.25, 0.3) is 0 Å². The summed E-state index contributed by atoms with van der Waals surface area (Å²) in [4.78, 5) is 0. The van der Waals surface area contributed by atoms with Crippen LogP contribution < -0.4 is 0 Å². The second kappa shape index (κ2) is 5.63. The van der Waals surface area contributed by atoms with Gasteiger partial charge in [0, 0.05) is 12.6 Å². The van der Waals surface area contributed by atoms with Crippen LogP contribution in [0.15, 0.2) is 10.7 Å². The fraction of sp³-hybridized carbons (Fsp3) is 0.700. The molecule has 1 aromatic rings. The van der Waals surface area contributed by atoms with Crippen LogP contribution >= 0.6 is 15.9 Å². The summed E-state index contributed by atoms with van der Waals surface area (Å²) < 4.78 is 2.62. The van der Waals surface area contributed by atoms with Crippen LogP contribution in [0.4, 0.5) is 0 Å². The molecule has 0 aromatic carbocycles. The Morgan fingerprint density at radius 3 is 2.73 bits per heavy atom. The second-order valence-corrected chi connectivity index (χ2v) is 4.65. The Morgan fingerprint density at radius 1 is 1.53 bits per heavy atom. The number of hydrogen-bond donors (Lipinski definition) is 2. The molecule has 1 aromatic heterocycles. The Morgan fingerprint density at radius 2 is 2.20 bits per heavy atom. The monoisotopic (exact) mass is 276 g/mol. The molecule has 4 nitrogen and oxygen atoms in total. The zero-order chi connectivity index (χ0) is 11.4. The molecule has 2 N–H and O–H groups in total. The summed E-state index contributed by atoms with van der Waals surface area (Å²) in [7, 11) is 0. The van der Waals surface area contributed by atoms with E-state index in [1.807, 2.05) is 13.8 Å². The van der Waals surface area contributed by atoms with Gasteiger partial charge in [-0.15, -0.1) is 0 Å². The van der Waals surface area contributed by atoms with Gasteiger partial charge in [0.1, 0.15) is 0 Å². The number of halogens is 1. The van der Waals surface area contributed by atoms with Crippen LogP contribution in [0.2, 0.25) is 0 Å². The highest BCUT2D eigenvalue weighted by molar-refractivity contribution is 9.10. The molecule has 86 valence electrons. The molecule has 0 fully saturated rings. The standard InChI is InChI=1S/C10H17BrN2O2/c1-7(2)13-10(8(11)6-12-13)9(15)4-3-5-14/h6-7,9,14-15H,3-5H2,1-2H3. The van der Waals surface area contributed by atoms with Gasteiger partial charge in [0.05, 0.1) is 22.5 Å². The average molecular weight is 277 g/mol. The van der Waals surface area contributed by atoms with Gasteiger partial charge in [-0.05, 0) is 42.6 Å². The highest BCUT2D eigenvalue weighted by Gasteiger charge is 2.18. The molecule has 0 radical (unpaired) electrons. The lowest BCUT2D eigenvalue weighted by Gasteiger charge is -2.16. The summed E-state index contributed by atoms with van der Waals surface area (Å²) in [5.74, 6) is 0. The Labute approximate surface area is 98.0 Å². The normalized spacial score (nSPS) is 13.5. The summed E-state index contributed by atoms with van der Waals surface area (Å²) in [6.07, 6.45) is 2.26. The van der Waals surface area contributed by atoms with Crippen molar-refractivity contribution >= 4 is 15.9 Å². The van der Waals surface area contributed by atoms with Gasteiger partial charge in [-0.3, -0.25) is 4.68 Å². The highest BCUT2D eigenvalue weighted by Crippen LogP contribution is 2.28. The van der Waals surface area contributed by atoms with Crippen molar-refractivity contribution in [1.29, 1.82) is 0 Å². The summed E-state index contributed by atoms with van der Waals surface area (Å²) >= 11 is 3.37. The molecule has 0 aliphatic carbocycles. The van der Waals surface area contributed by atoms with E-state index in [0.29, 0.717) is 12.8 Å². The van der Waals surface area contributed by atoms with Crippen LogP contribution in [0.25, 0.3) is 0 Å². The molecule has 0 spiro atoms. The summed E-state index contributed by atoms with van der Waals surface area (Å²) in [5.41, 5.74) is 0.790. The predicted molar refractivity (Wildman–Crippen MR) is 61.6 cm³/mol. The van der Waals surface area contributed by atoms with Gasteiger partial charge < -0.3 is 10.2 Å². The van der Waals surface area contributed by atoms with Crippen LogP contribution in [0.5, 0.6) is 0 Å². The molecule has 0 saturated carbocycles. The van der Waals surface area contributed by atoms with Crippen molar-refractivity contribution in [2.24, 2.45) is 0 Å². The first-order chi connectivity index (χ1) is 7.07. The SMILES string of the molecule is CC(C)n1ncc(Br)c1C(O)CCCO. The van der Waals surface area contributed by atoms with Crippen LogP contribution in [-0.4, -0.2) is 26.6 Å². The number of rotatable bonds is 5. The zero-order valence-corrected chi connectivity index (χ0v) is 10.6. The Balaban J connectivity index is 2.85. The summed E-state index contributed by atoms with van der Waals surface area (Å²) in [6, 6.07) is 0.218. The quantitative estimate of drug-likeness (QED) is 0.865. The van der Waals surface area contributed by atoms with Gasteiger partial charge in [0.15, 0.2) is 0 Å². The molecule has 5 heteroatoms. The molecule has 0 aliphatic heterocycles. The van der Waals surface area contributed by atoms with E-state index >= 15 is 0 Å². The number of nitrogens with zero attached hydrogens (tertiary/aromatic N) is 2. The van der Waals surface area contributed by atoms with Crippen LogP contribution in [-0.2, 0) is 0 Å². The van der Waals surface area contributed by atoms with Crippen molar-refractivity contribution in [1.82, 2.24) is 9.78 Å². The van der Waals surface area contributed by atoms with Crippen LogP contribution in [0.3, 0.4) is 0 Å². The first-order valence-corrected chi connectivity index (χ1v) is 5.89. The average Bonchev–Trinajstić information content (AvgIpc) is 2.56. The Hall–Kier alpha value is -0.390. The minimum absolute atomic E-state index is 0.102. The first-order valence-electron chi connectivity index (χ1n) is 5.09. The maximum atomic E-state index is 9.95. The number of aliphatic hydroxyl groups excluding tert-OH is 2. The summed E-state index contributed by atoms with van der Waals surface area (Å²) in [5, 5.41) is 22.9. The minimum atomic E-state index is -0.573. The number of aromatic nitrogens is 2. The zero-order valence-electron chi connectivity index (χ0n) is 9.02. The lowest BCUT2D eigenvalue weighted by Crippen LogP contribution is -2.12. The van der Waals surface area contributed by atoms with Crippen molar-refractivity contribution in [3.8, 4) is 0 Å². The first kappa shape index (κ1) is 12.7. The Bertz CT molecular complexity index is 312. The predicted octanol–water partition coefficient (Wildman–Crippen LogP) is 2.03. The number of hydrogen-bond acceptors (Lipinski definition) is 3. The fourth-order valence-corrected chi connectivity index (χ4v) is 2.03. The molecule has 1 heterocycles. The molecule has 1 unspecified atom stereocenters. The topological polar surface area (TPSA) is 58.3 Å². The van der Waals surface area contributed by atoms with Crippen LogP contribution in [0.1, 0.15) is 44.5 Å². The van der Waals surface area contributed by atoms with Gasteiger partial charge in [-0.2, -0.15) is 5.10 Å². The molecule has 15 heavy (non-hydrogen) atoms. The Kier molecular flexibility index (Phi) is 4.76. The van der Waals surface area contributed by atoms with Gasteiger partial charge >= 0.3 is 0 Å². The molecule has 0 amide bonds. The maximum absolute atomic E-state index is 9.95. The lowest BCUT2D eigenvalue weighted by atomic mass is 10.1. The van der Waals surface area contributed by atoms with Crippen molar-refractivity contribution in [3.63, 3.8) is 0 Å². The van der Waals surface area contributed by atoms with E-state index in [0.717, 1.165) is 10.2 Å². The van der Waals surface area contributed by atoms with Gasteiger partial charge in [-0.25, -0.2) is 0 Å². The summed E-state index contributed by atoms with van der Waals surface area (Å²) in [6.45, 7) is 4.13. The third-order valence-corrected chi connectivity index (χ3v) is 2.84. The van der Waals surface area contributed by atoms with Crippen molar-refractivity contribution < 1.29 is 10.2 Å². The molecule has 0 saturated heterocycles. The third kappa shape index (κ3) is 3.03. The third-order valence-electron chi connectivity index (χ3n) is 2.23. The van der Waals surface area contributed by atoms with Gasteiger partial charge in [-0.1, -0.05) is 0 Å². The van der Waals surface area contributed by atoms with E-state index in [2.05, 4.69) is 21.0 Å². The van der Waals surface area contributed by atoms with Crippen molar-refractivity contribution in [2.75, 3.05) is 6.61 Å². The largest absolute Gasteiger partial charge is 0.396 e. The second-order valence-electron chi connectivity index (χ2n) is 3.80. The molecular weight excluding hydrogens is 260 g/mol. The number of aliphatic hydroxyl groups is 2. The highest BCUT2D eigenvalue weighted by atomic mass is 79.9. The fourth-order valence-electron chi connectivity index (χ4n) is 1.50. The molecular formula is C10H17BrN2O2. The van der Waals surface area contributed by atoms with Gasteiger partial charge in [0.2, 0.25) is 0 Å². The van der Waals surface area contributed by atoms with E-state index in [-0.39, 0.29) is 12.6 Å².